The molecule has 3 aromatic carbocycles. The molecule has 1 aromatic heterocycles. The van der Waals surface area contributed by atoms with Crippen LogP contribution in [0.4, 0.5) is 15.8 Å². The number of anilines is 1. The van der Waals surface area contributed by atoms with Gasteiger partial charge < -0.3 is 19.1 Å². The third-order valence-corrected chi connectivity index (χ3v) is 7.42. The Kier molecular flexibility index (Phi) is 7.11. The van der Waals surface area contributed by atoms with Gasteiger partial charge in [-0.25, -0.2) is 12.8 Å². The maximum atomic E-state index is 13.6. The van der Waals surface area contributed by atoms with Crippen LogP contribution in [0, 0.1) is 5.82 Å². The first-order valence-electron chi connectivity index (χ1n) is 10.9. The highest BCUT2D eigenvalue weighted by Gasteiger charge is 2.28. The van der Waals surface area contributed by atoms with Crippen LogP contribution in [0.5, 0.6) is 17.4 Å². The van der Waals surface area contributed by atoms with Crippen LogP contribution in [0.1, 0.15) is 0 Å². The van der Waals surface area contributed by atoms with E-state index in [9.17, 15) is 22.7 Å². The highest BCUT2D eigenvalue weighted by atomic mass is 32.2. The van der Waals surface area contributed by atoms with Crippen molar-refractivity contribution in [2.45, 2.75) is 4.90 Å². The number of benzene rings is 3. The van der Waals surface area contributed by atoms with E-state index in [1.165, 1.54) is 49.1 Å². The normalized spacial score (nSPS) is 11.7. The number of sulfonamides is 1. The number of carbonyl (C=O) groups excluding carboxylic acids is 1. The monoisotopic (exact) mass is 526 g/mol. The third-order valence-electron chi connectivity index (χ3n) is 5.65. The Morgan fingerprint density at radius 3 is 2.38 bits per heavy atom. The average Bonchev–Trinajstić information content (AvgIpc) is 3.15. The smallest absolute Gasteiger partial charge is 0.285 e. The van der Waals surface area contributed by atoms with E-state index in [0.717, 1.165) is 16.4 Å². The third kappa shape index (κ3) is 4.96. The number of azo groups is 1. The van der Waals surface area contributed by atoms with Gasteiger partial charge in [0.2, 0.25) is 5.88 Å². The Bertz CT molecular complexity index is 1600. The van der Waals surface area contributed by atoms with Crippen molar-refractivity contribution in [1.82, 2.24) is 4.57 Å². The van der Waals surface area contributed by atoms with Gasteiger partial charge in [0, 0.05) is 18.5 Å². The number of fused-ring (bicyclic) bond motifs is 1. The number of nitrogens with zero attached hydrogens (tertiary/aromatic N) is 4. The van der Waals surface area contributed by atoms with Crippen molar-refractivity contribution in [3.63, 3.8) is 0 Å². The minimum absolute atomic E-state index is 0.0349. The number of aromatic nitrogens is 1. The number of hydrogen-bond acceptors (Lipinski definition) is 7. The molecule has 4 rings (SSSR count). The average molecular weight is 527 g/mol. The number of halogens is 1. The van der Waals surface area contributed by atoms with Gasteiger partial charge >= 0.3 is 0 Å². The SMILES string of the molecule is COc1ccc(S(=O)(=O)N(CC(=O)N=Nc2c(O)n(C)c3ccccc23)c2ccc(F)cc2)cc1OC. The lowest BCUT2D eigenvalue weighted by molar-refractivity contribution is -0.116. The summed E-state index contributed by atoms with van der Waals surface area (Å²) >= 11 is 0. The quantitative estimate of drug-likeness (QED) is 0.336. The van der Waals surface area contributed by atoms with E-state index in [1.807, 2.05) is 0 Å². The van der Waals surface area contributed by atoms with Gasteiger partial charge in [-0.05, 0) is 42.5 Å². The molecule has 10 nitrogen and oxygen atoms in total. The lowest BCUT2D eigenvalue weighted by Crippen LogP contribution is -2.35. The van der Waals surface area contributed by atoms with E-state index in [1.54, 1.807) is 31.3 Å². The van der Waals surface area contributed by atoms with Crippen molar-refractivity contribution in [2.75, 3.05) is 25.1 Å². The maximum Gasteiger partial charge on any atom is 0.285 e. The van der Waals surface area contributed by atoms with E-state index in [-0.39, 0.29) is 27.9 Å². The van der Waals surface area contributed by atoms with E-state index in [0.29, 0.717) is 16.7 Å². The summed E-state index contributed by atoms with van der Waals surface area (Å²) in [5.41, 5.74) is 0.778. The number of amides is 1. The van der Waals surface area contributed by atoms with Gasteiger partial charge in [0.25, 0.3) is 15.9 Å². The van der Waals surface area contributed by atoms with Crippen LogP contribution < -0.4 is 13.8 Å². The van der Waals surface area contributed by atoms with Crippen molar-refractivity contribution >= 4 is 38.2 Å². The predicted octanol–water partition coefficient (Wildman–Crippen LogP) is 4.55. The zero-order valence-corrected chi connectivity index (χ0v) is 20.9. The molecular formula is C25H23FN4O6S. The molecule has 1 N–H and O–H groups in total. The summed E-state index contributed by atoms with van der Waals surface area (Å²) in [5.74, 6) is -1.22. The van der Waals surface area contributed by atoms with Crippen molar-refractivity contribution in [3.8, 4) is 17.4 Å². The Morgan fingerprint density at radius 1 is 1.03 bits per heavy atom. The summed E-state index contributed by atoms with van der Waals surface area (Å²) in [5, 5.41) is 18.6. The van der Waals surface area contributed by atoms with Crippen LogP contribution in [0.25, 0.3) is 10.9 Å². The lowest BCUT2D eigenvalue weighted by Gasteiger charge is -2.23. The van der Waals surface area contributed by atoms with E-state index < -0.39 is 28.3 Å². The molecule has 0 bridgehead atoms. The van der Waals surface area contributed by atoms with Crippen LogP contribution in [0.3, 0.4) is 0 Å². The molecule has 0 radical (unpaired) electrons. The van der Waals surface area contributed by atoms with Gasteiger partial charge in [-0.2, -0.15) is 0 Å². The van der Waals surface area contributed by atoms with E-state index in [2.05, 4.69) is 10.2 Å². The van der Waals surface area contributed by atoms with Gasteiger partial charge in [0.15, 0.2) is 17.2 Å². The van der Waals surface area contributed by atoms with Crippen molar-refractivity contribution in [1.29, 1.82) is 0 Å². The first-order valence-corrected chi connectivity index (χ1v) is 12.3. The molecule has 0 spiro atoms. The molecule has 0 saturated heterocycles. The van der Waals surface area contributed by atoms with Crippen molar-refractivity contribution in [3.05, 3.63) is 72.5 Å². The van der Waals surface area contributed by atoms with Gasteiger partial charge in [0.05, 0.1) is 30.3 Å². The summed E-state index contributed by atoms with van der Waals surface area (Å²) in [4.78, 5) is 12.7. The summed E-state index contributed by atoms with van der Waals surface area (Å²) in [6.07, 6.45) is 0. The number of para-hydroxylation sites is 1. The summed E-state index contributed by atoms with van der Waals surface area (Å²) in [6.45, 7) is -0.739. The summed E-state index contributed by atoms with van der Waals surface area (Å²) < 4.78 is 53.4. The number of rotatable bonds is 8. The molecule has 0 aliphatic rings. The molecule has 12 heteroatoms. The summed E-state index contributed by atoms with van der Waals surface area (Å²) in [7, 11) is 0.0582. The second kappa shape index (κ2) is 10.3. The standard InChI is InChI=1S/C25H23FN4O6S/c1-29-20-7-5-4-6-19(20)24(25(29)32)28-27-23(31)15-30(17-10-8-16(26)9-11-17)37(33,34)18-12-13-21(35-2)22(14-18)36-3/h4-14,32H,15H2,1-3H3. The second-order valence-electron chi connectivity index (χ2n) is 7.85. The number of aryl methyl sites for hydroxylation is 1. The van der Waals surface area contributed by atoms with E-state index >= 15 is 0 Å². The molecule has 0 unspecified atom stereocenters. The number of carbonyl (C=O) groups is 1. The summed E-state index contributed by atoms with van der Waals surface area (Å²) in [6, 6.07) is 15.6. The molecule has 0 aliphatic carbocycles. The number of aromatic hydroxyl groups is 1. The molecule has 192 valence electrons. The Labute approximate surface area is 212 Å². The topological polar surface area (TPSA) is 123 Å². The van der Waals surface area contributed by atoms with Gasteiger partial charge in [-0.3, -0.25) is 9.10 Å². The Hall–Kier alpha value is -4.45. The highest BCUT2D eigenvalue weighted by molar-refractivity contribution is 7.92. The predicted molar refractivity (Wildman–Crippen MR) is 135 cm³/mol. The van der Waals surface area contributed by atoms with Gasteiger partial charge in [-0.15, -0.1) is 10.2 Å². The minimum atomic E-state index is -4.34. The zero-order chi connectivity index (χ0) is 26.7. The Balaban J connectivity index is 1.71. The minimum Gasteiger partial charge on any atom is -0.493 e. The molecule has 1 heterocycles. The molecule has 37 heavy (non-hydrogen) atoms. The molecular weight excluding hydrogens is 503 g/mol. The van der Waals surface area contributed by atoms with Crippen LogP contribution in [-0.2, 0) is 21.9 Å². The first kappa shape index (κ1) is 25.6. The number of methoxy groups -OCH3 is 2. The highest BCUT2D eigenvalue weighted by Crippen LogP contribution is 2.38. The number of hydrogen-bond donors (Lipinski definition) is 1. The Morgan fingerprint density at radius 2 is 1.70 bits per heavy atom. The molecule has 0 atom stereocenters. The molecule has 1 amide bonds. The van der Waals surface area contributed by atoms with E-state index in [4.69, 9.17) is 9.47 Å². The number of ether oxygens (including phenoxy) is 2. The first-order chi connectivity index (χ1) is 17.7. The zero-order valence-electron chi connectivity index (χ0n) is 20.1. The molecule has 0 fully saturated rings. The second-order valence-corrected chi connectivity index (χ2v) is 9.71. The molecule has 0 aliphatic heterocycles. The maximum absolute atomic E-state index is 13.6. The lowest BCUT2D eigenvalue weighted by atomic mass is 10.2. The fourth-order valence-corrected chi connectivity index (χ4v) is 5.18. The van der Waals surface area contributed by atoms with Crippen molar-refractivity contribution in [2.24, 2.45) is 17.3 Å². The van der Waals surface area contributed by atoms with Gasteiger partial charge in [0.1, 0.15) is 12.4 Å². The van der Waals surface area contributed by atoms with Crippen molar-refractivity contribution < 1.29 is 32.2 Å². The largest absolute Gasteiger partial charge is 0.493 e. The molecule has 4 aromatic rings. The van der Waals surface area contributed by atoms with Crippen LogP contribution in [0.15, 0.2) is 81.9 Å². The van der Waals surface area contributed by atoms with Gasteiger partial charge in [-0.1, -0.05) is 18.2 Å². The van der Waals surface area contributed by atoms with Crippen LogP contribution in [-0.4, -0.2) is 44.8 Å². The fraction of sp³-hybridized carbons (Fsp3) is 0.160. The van der Waals surface area contributed by atoms with Crippen LogP contribution in [0.2, 0.25) is 0 Å². The van der Waals surface area contributed by atoms with Crippen LogP contribution >= 0.6 is 0 Å². The fourth-order valence-electron chi connectivity index (χ4n) is 3.75. The molecule has 0 saturated carbocycles.